The van der Waals surface area contributed by atoms with E-state index in [2.05, 4.69) is 6.92 Å². The van der Waals surface area contributed by atoms with Gasteiger partial charge in [-0.2, -0.15) is 0 Å². The van der Waals surface area contributed by atoms with E-state index in [0.717, 1.165) is 19.3 Å². The number of carboxylic acid groups (broad SMARTS) is 1. The van der Waals surface area contributed by atoms with Gasteiger partial charge in [-0.25, -0.2) is 4.79 Å². The van der Waals surface area contributed by atoms with Crippen molar-refractivity contribution in [1.82, 2.24) is 4.90 Å². The molecule has 1 saturated heterocycles. The molecule has 0 aromatic heterocycles. The van der Waals surface area contributed by atoms with E-state index in [0.29, 0.717) is 19.4 Å². The normalized spacial score (nSPS) is 27.7. The Kier molecular flexibility index (Phi) is 4.20. The van der Waals surface area contributed by atoms with Crippen molar-refractivity contribution in [2.24, 2.45) is 0 Å². The highest BCUT2D eigenvalue weighted by Gasteiger charge is 2.29. The quantitative estimate of drug-likeness (QED) is 0.730. The van der Waals surface area contributed by atoms with Crippen LogP contribution in [-0.4, -0.2) is 39.9 Å². The second kappa shape index (κ2) is 5.20. The SMILES string of the molecule is CCCCC1CC(O)CCN1C(=O)O. The molecular formula is C10H19NO3. The molecular weight excluding hydrogens is 182 g/mol. The van der Waals surface area contributed by atoms with Gasteiger partial charge in [-0.15, -0.1) is 0 Å². The summed E-state index contributed by atoms with van der Waals surface area (Å²) in [5, 5.41) is 18.4. The number of carbonyl (C=O) groups is 1. The minimum Gasteiger partial charge on any atom is -0.465 e. The van der Waals surface area contributed by atoms with Crippen LogP contribution in [0.3, 0.4) is 0 Å². The lowest BCUT2D eigenvalue weighted by Gasteiger charge is -2.36. The Morgan fingerprint density at radius 3 is 2.86 bits per heavy atom. The Morgan fingerprint density at radius 1 is 1.57 bits per heavy atom. The van der Waals surface area contributed by atoms with Crippen LogP contribution in [0.1, 0.15) is 39.0 Å². The topological polar surface area (TPSA) is 60.8 Å². The van der Waals surface area contributed by atoms with E-state index in [4.69, 9.17) is 5.11 Å². The molecule has 4 heteroatoms. The predicted octanol–water partition coefficient (Wildman–Crippen LogP) is 1.68. The monoisotopic (exact) mass is 201 g/mol. The van der Waals surface area contributed by atoms with E-state index in [1.54, 1.807) is 0 Å². The number of aliphatic hydroxyl groups is 1. The van der Waals surface area contributed by atoms with Crippen molar-refractivity contribution in [2.45, 2.75) is 51.2 Å². The van der Waals surface area contributed by atoms with Crippen molar-refractivity contribution in [3.05, 3.63) is 0 Å². The summed E-state index contributed by atoms with van der Waals surface area (Å²) in [5.74, 6) is 0. The fourth-order valence-electron chi connectivity index (χ4n) is 2.00. The first kappa shape index (κ1) is 11.3. The van der Waals surface area contributed by atoms with Crippen molar-refractivity contribution in [1.29, 1.82) is 0 Å². The molecule has 1 aliphatic heterocycles. The zero-order valence-electron chi connectivity index (χ0n) is 8.65. The number of hydrogen-bond donors (Lipinski definition) is 2. The molecule has 0 aromatic carbocycles. The number of hydrogen-bond acceptors (Lipinski definition) is 2. The molecule has 2 atom stereocenters. The largest absolute Gasteiger partial charge is 0.465 e. The fraction of sp³-hybridized carbons (Fsp3) is 0.900. The molecule has 82 valence electrons. The Balaban J connectivity index is 2.50. The van der Waals surface area contributed by atoms with E-state index < -0.39 is 6.09 Å². The van der Waals surface area contributed by atoms with Crippen molar-refractivity contribution in [2.75, 3.05) is 6.54 Å². The molecule has 1 heterocycles. The maximum absolute atomic E-state index is 10.9. The molecule has 1 rings (SSSR count). The Hall–Kier alpha value is -0.770. The van der Waals surface area contributed by atoms with E-state index in [9.17, 15) is 9.90 Å². The summed E-state index contributed by atoms with van der Waals surface area (Å²) in [6.07, 6.45) is 2.99. The van der Waals surface area contributed by atoms with Crippen LogP contribution < -0.4 is 0 Å². The molecule has 0 saturated carbocycles. The van der Waals surface area contributed by atoms with Gasteiger partial charge < -0.3 is 15.1 Å². The predicted molar refractivity (Wildman–Crippen MR) is 53.3 cm³/mol. The molecule has 2 unspecified atom stereocenters. The summed E-state index contributed by atoms with van der Waals surface area (Å²) in [4.78, 5) is 12.4. The number of amides is 1. The van der Waals surface area contributed by atoms with Crippen LogP contribution in [0, 0.1) is 0 Å². The Labute approximate surface area is 84.5 Å². The van der Waals surface area contributed by atoms with Gasteiger partial charge in [-0.3, -0.25) is 0 Å². The van der Waals surface area contributed by atoms with E-state index in [-0.39, 0.29) is 12.1 Å². The van der Waals surface area contributed by atoms with Crippen molar-refractivity contribution < 1.29 is 15.0 Å². The molecule has 4 nitrogen and oxygen atoms in total. The highest BCUT2D eigenvalue weighted by molar-refractivity contribution is 5.65. The van der Waals surface area contributed by atoms with Crippen molar-refractivity contribution >= 4 is 6.09 Å². The summed E-state index contributed by atoms with van der Waals surface area (Å²) in [6.45, 7) is 2.56. The average Bonchev–Trinajstić information content (AvgIpc) is 2.14. The highest BCUT2D eigenvalue weighted by Crippen LogP contribution is 2.21. The molecule has 0 bridgehead atoms. The number of piperidine rings is 1. The van der Waals surface area contributed by atoms with Crippen molar-refractivity contribution in [3.63, 3.8) is 0 Å². The first-order chi connectivity index (χ1) is 6.65. The Morgan fingerprint density at radius 2 is 2.29 bits per heavy atom. The smallest absolute Gasteiger partial charge is 0.407 e. The average molecular weight is 201 g/mol. The minimum absolute atomic E-state index is 0.0243. The zero-order chi connectivity index (χ0) is 10.6. The van der Waals surface area contributed by atoms with E-state index in [1.807, 2.05) is 0 Å². The van der Waals surface area contributed by atoms with Crippen LogP contribution in [0.2, 0.25) is 0 Å². The zero-order valence-corrected chi connectivity index (χ0v) is 8.65. The lowest BCUT2D eigenvalue weighted by atomic mass is 9.96. The molecule has 1 fully saturated rings. The van der Waals surface area contributed by atoms with Gasteiger partial charge in [0, 0.05) is 12.6 Å². The van der Waals surface area contributed by atoms with Gasteiger partial charge >= 0.3 is 6.09 Å². The van der Waals surface area contributed by atoms with Gasteiger partial charge in [0.05, 0.1) is 6.10 Å². The van der Waals surface area contributed by atoms with Gasteiger partial charge in [-0.1, -0.05) is 19.8 Å². The minimum atomic E-state index is -0.849. The second-order valence-corrected chi connectivity index (χ2v) is 3.95. The van der Waals surface area contributed by atoms with E-state index >= 15 is 0 Å². The number of rotatable bonds is 3. The van der Waals surface area contributed by atoms with Gasteiger partial charge in [0.2, 0.25) is 0 Å². The summed E-state index contributed by atoms with van der Waals surface area (Å²) in [7, 11) is 0. The maximum atomic E-state index is 10.9. The van der Waals surface area contributed by atoms with Gasteiger partial charge in [-0.05, 0) is 19.3 Å². The molecule has 0 spiro atoms. The van der Waals surface area contributed by atoms with E-state index in [1.165, 1.54) is 4.90 Å². The molecule has 14 heavy (non-hydrogen) atoms. The second-order valence-electron chi connectivity index (χ2n) is 3.95. The number of nitrogens with zero attached hydrogens (tertiary/aromatic N) is 1. The van der Waals surface area contributed by atoms with Gasteiger partial charge in [0.1, 0.15) is 0 Å². The molecule has 2 N–H and O–H groups in total. The highest BCUT2D eigenvalue weighted by atomic mass is 16.4. The lowest BCUT2D eigenvalue weighted by Crippen LogP contribution is -2.46. The third kappa shape index (κ3) is 2.87. The maximum Gasteiger partial charge on any atom is 0.407 e. The van der Waals surface area contributed by atoms with Gasteiger partial charge in [0.15, 0.2) is 0 Å². The van der Waals surface area contributed by atoms with Crippen LogP contribution in [0.5, 0.6) is 0 Å². The van der Waals surface area contributed by atoms with Crippen LogP contribution in [0.25, 0.3) is 0 Å². The standard InChI is InChI=1S/C10H19NO3/c1-2-3-4-8-7-9(12)5-6-11(8)10(13)14/h8-9,12H,2-7H2,1H3,(H,13,14). The lowest BCUT2D eigenvalue weighted by molar-refractivity contribution is 0.0395. The molecule has 0 aromatic rings. The Bertz CT molecular complexity index is 196. The van der Waals surface area contributed by atoms with Crippen LogP contribution in [-0.2, 0) is 0 Å². The third-order valence-electron chi connectivity index (χ3n) is 2.82. The first-order valence-corrected chi connectivity index (χ1v) is 5.32. The first-order valence-electron chi connectivity index (χ1n) is 5.32. The molecule has 1 amide bonds. The number of likely N-dealkylation sites (tertiary alicyclic amines) is 1. The molecule has 0 radical (unpaired) electrons. The third-order valence-corrected chi connectivity index (χ3v) is 2.82. The summed E-state index contributed by atoms with van der Waals surface area (Å²) < 4.78 is 0. The van der Waals surface area contributed by atoms with Gasteiger partial charge in [0.25, 0.3) is 0 Å². The van der Waals surface area contributed by atoms with Crippen LogP contribution in [0.4, 0.5) is 4.79 Å². The summed E-state index contributed by atoms with van der Waals surface area (Å²) >= 11 is 0. The number of unbranched alkanes of at least 4 members (excludes halogenated alkanes) is 1. The summed E-state index contributed by atoms with van der Waals surface area (Å²) in [6, 6.07) is 0.0243. The summed E-state index contributed by atoms with van der Waals surface area (Å²) in [5.41, 5.74) is 0. The molecule has 0 aliphatic carbocycles. The van der Waals surface area contributed by atoms with Crippen LogP contribution in [0.15, 0.2) is 0 Å². The fourth-order valence-corrected chi connectivity index (χ4v) is 2.00. The van der Waals surface area contributed by atoms with Crippen molar-refractivity contribution in [3.8, 4) is 0 Å². The van der Waals surface area contributed by atoms with Crippen LogP contribution >= 0.6 is 0 Å². The number of aliphatic hydroxyl groups excluding tert-OH is 1. The molecule has 1 aliphatic rings.